The molecule has 2 N–H and O–H groups in total. The smallest absolute Gasteiger partial charge is 0.200 e. The molecule has 13 heavy (non-hydrogen) atoms. The average Bonchev–Trinajstić information content (AvgIpc) is 2.51. The molecule has 5 nitrogen and oxygen atoms in total. The van der Waals surface area contributed by atoms with Crippen LogP contribution in [-0.4, -0.2) is 36.5 Å². The highest BCUT2D eigenvalue weighted by atomic mass is 16.5. The third kappa shape index (κ3) is 2.71. The summed E-state index contributed by atoms with van der Waals surface area (Å²) in [7, 11) is 3.29. The largest absolute Gasteiger partial charge is 0.382 e. The van der Waals surface area contributed by atoms with E-state index in [0.29, 0.717) is 19.1 Å². The number of methoxy groups -OCH3 is 2. The molecule has 74 valence electrons. The molecule has 1 unspecified atom stereocenters. The fraction of sp³-hybridized carbons (Fsp3) is 0.625. The molecule has 1 aromatic rings. The molecule has 1 aromatic heterocycles. The van der Waals surface area contributed by atoms with Crippen LogP contribution in [0.3, 0.4) is 0 Å². The van der Waals surface area contributed by atoms with Crippen molar-refractivity contribution in [2.75, 3.05) is 26.6 Å². The van der Waals surface area contributed by atoms with Gasteiger partial charge in [0.15, 0.2) is 5.95 Å². The van der Waals surface area contributed by atoms with Crippen molar-refractivity contribution >= 4 is 5.95 Å². The van der Waals surface area contributed by atoms with Gasteiger partial charge < -0.3 is 19.8 Å². The van der Waals surface area contributed by atoms with Crippen molar-refractivity contribution in [2.24, 2.45) is 0 Å². The number of anilines is 1. The lowest BCUT2D eigenvalue weighted by atomic mass is 10.4. The maximum absolute atomic E-state index is 5.60. The highest BCUT2D eigenvalue weighted by Crippen LogP contribution is 2.02. The van der Waals surface area contributed by atoms with Gasteiger partial charge in [-0.05, 0) is 0 Å². The number of nitrogens with zero attached hydrogens (tertiary/aromatic N) is 2. The Balaban J connectivity index is 2.51. The summed E-state index contributed by atoms with van der Waals surface area (Å²) in [5, 5.41) is 0. The molecule has 0 saturated heterocycles. The molecular formula is C8H15N3O2. The van der Waals surface area contributed by atoms with E-state index in [-0.39, 0.29) is 6.10 Å². The zero-order valence-electron chi connectivity index (χ0n) is 7.93. The van der Waals surface area contributed by atoms with Crippen LogP contribution in [0.4, 0.5) is 5.95 Å². The molecule has 0 bridgehead atoms. The van der Waals surface area contributed by atoms with Crippen LogP contribution in [0.1, 0.15) is 0 Å². The van der Waals surface area contributed by atoms with Crippen molar-refractivity contribution in [2.45, 2.75) is 12.6 Å². The number of aromatic nitrogens is 2. The van der Waals surface area contributed by atoms with Gasteiger partial charge in [0.2, 0.25) is 0 Å². The lowest BCUT2D eigenvalue weighted by Gasteiger charge is -2.15. The third-order valence-corrected chi connectivity index (χ3v) is 1.83. The Morgan fingerprint density at radius 3 is 2.85 bits per heavy atom. The number of rotatable bonds is 5. The van der Waals surface area contributed by atoms with E-state index in [9.17, 15) is 0 Å². The maximum Gasteiger partial charge on any atom is 0.200 e. The van der Waals surface area contributed by atoms with Crippen molar-refractivity contribution in [1.29, 1.82) is 0 Å². The molecular weight excluding hydrogens is 170 g/mol. The fourth-order valence-corrected chi connectivity index (χ4v) is 1.10. The molecule has 0 aliphatic carbocycles. The normalized spacial score (nSPS) is 13.1. The van der Waals surface area contributed by atoms with Crippen molar-refractivity contribution in [3.63, 3.8) is 0 Å². The van der Waals surface area contributed by atoms with Gasteiger partial charge in [0.25, 0.3) is 0 Å². The summed E-state index contributed by atoms with van der Waals surface area (Å²) in [6.45, 7) is 1.21. The third-order valence-electron chi connectivity index (χ3n) is 1.83. The van der Waals surface area contributed by atoms with Crippen molar-refractivity contribution < 1.29 is 9.47 Å². The van der Waals surface area contributed by atoms with Crippen molar-refractivity contribution in [3.8, 4) is 0 Å². The molecule has 1 heterocycles. The number of nitrogen functional groups attached to an aromatic ring is 1. The molecule has 0 aromatic carbocycles. The number of nitrogens with two attached hydrogens (primary N) is 1. The SMILES string of the molecule is COCC(Cn1ccnc1N)OC. The summed E-state index contributed by atoms with van der Waals surface area (Å²) in [5.74, 6) is 0.498. The van der Waals surface area contributed by atoms with Gasteiger partial charge in [-0.25, -0.2) is 4.98 Å². The molecule has 0 aliphatic rings. The summed E-state index contributed by atoms with van der Waals surface area (Å²) < 4.78 is 12.0. The molecule has 0 radical (unpaired) electrons. The lowest BCUT2D eigenvalue weighted by Crippen LogP contribution is -2.24. The van der Waals surface area contributed by atoms with Crippen LogP contribution in [0.5, 0.6) is 0 Å². The van der Waals surface area contributed by atoms with Crippen LogP contribution in [0, 0.1) is 0 Å². The predicted octanol–water partition coefficient (Wildman–Crippen LogP) is 0.127. The first-order valence-corrected chi connectivity index (χ1v) is 4.06. The van der Waals surface area contributed by atoms with Crippen LogP contribution in [-0.2, 0) is 16.0 Å². The summed E-state index contributed by atoms with van der Waals surface area (Å²) in [4.78, 5) is 3.91. The first kappa shape index (κ1) is 10.0. The quantitative estimate of drug-likeness (QED) is 0.708. The first-order chi connectivity index (χ1) is 6.27. The van der Waals surface area contributed by atoms with Gasteiger partial charge in [-0.2, -0.15) is 0 Å². The first-order valence-electron chi connectivity index (χ1n) is 4.06. The topological polar surface area (TPSA) is 62.3 Å². The summed E-state index contributed by atoms with van der Waals surface area (Å²) in [6, 6.07) is 0. The monoisotopic (exact) mass is 185 g/mol. The molecule has 0 amide bonds. The van der Waals surface area contributed by atoms with Gasteiger partial charge in [0.1, 0.15) is 0 Å². The van der Waals surface area contributed by atoms with Crippen LogP contribution in [0.25, 0.3) is 0 Å². The van der Waals surface area contributed by atoms with Crippen molar-refractivity contribution in [3.05, 3.63) is 12.4 Å². The number of hydrogen-bond acceptors (Lipinski definition) is 4. The molecule has 0 aliphatic heterocycles. The second-order valence-corrected chi connectivity index (χ2v) is 2.75. The Hall–Kier alpha value is -1.07. The standard InChI is InChI=1S/C8H15N3O2/c1-12-6-7(13-2)5-11-4-3-10-8(11)9/h3-4,7H,5-6H2,1-2H3,(H2,9,10). The van der Waals surface area contributed by atoms with Gasteiger partial charge in [-0.1, -0.05) is 0 Å². The zero-order valence-corrected chi connectivity index (χ0v) is 7.93. The summed E-state index contributed by atoms with van der Waals surface area (Å²) in [6.07, 6.45) is 3.49. The predicted molar refractivity (Wildman–Crippen MR) is 49.3 cm³/mol. The molecule has 5 heteroatoms. The minimum Gasteiger partial charge on any atom is -0.382 e. The van der Waals surface area contributed by atoms with E-state index in [1.165, 1.54) is 0 Å². The highest BCUT2D eigenvalue weighted by molar-refractivity contribution is 5.16. The maximum atomic E-state index is 5.60. The van der Waals surface area contributed by atoms with Gasteiger partial charge in [-0.3, -0.25) is 0 Å². The fourth-order valence-electron chi connectivity index (χ4n) is 1.10. The van der Waals surface area contributed by atoms with E-state index in [0.717, 1.165) is 0 Å². The van der Waals surface area contributed by atoms with Gasteiger partial charge in [-0.15, -0.1) is 0 Å². The summed E-state index contributed by atoms with van der Waals surface area (Å²) in [5.41, 5.74) is 5.60. The van der Waals surface area contributed by atoms with Gasteiger partial charge in [0, 0.05) is 26.6 Å². The zero-order chi connectivity index (χ0) is 9.68. The number of ether oxygens (including phenoxy) is 2. The molecule has 1 rings (SSSR count). The minimum absolute atomic E-state index is 0.0153. The minimum atomic E-state index is 0.0153. The Morgan fingerprint density at radius 2 is 2.38 bits per heavy atom. The van der Waals surface area contributed by atoms with Gasteiger partial charge in [0.05, 0.1) is 19.3 Å². The Kier molecular flexibility index (Phi) is 3.72. The Morgan fingerprint density at radius 1 is 1.62 bits per heavy atom. The van der Waals surface area contributed by atoms with E-state index in [1.807, 2.05) is 10.8 Å². The molecule has 0 fully saturated rings. The highest BCUT2D eigenvalue weighted by Gasteiger charge is 2.08. The molecule has 1 atom stereocenters. The van der Waals surface area contributed by atoms with E-state index in [2.05, 4.69) is 4.98 Å². The second-order valence-electron chi connectivity index (χ2n) is 2.75. The van der Waals surface area contributed by atoms with E-state index >= 15 is 0 Å². The number of hydrogen-bond donors (Lipinski definition) is 1. The average molecular weight is 185 g/mol. The van der Waals surface area contributed by atoms with E-state index < -0.39 is 0 Å². The number of imidazole rings is 1. The molecule has 0 spiro atoms. The van der Waals surface area contributed by atoms with E-state index in [1.54, 1.807) is 20.4 Å². The van der Waals surface area contributed by atoms with Gasteiger partial charge >= 0.3 is 0 Å². The van der Waals surface area contributed by atoms with Crippen LogP contribution in [0.15, 0.2) is 12.4 Å². The van der Waals surface area contributed by atoms with Crippen molar-refractivity contribution in [1.82, 2.24) is 9.55 Å². The van der Waals surface area contributed by atoms with Crippen LogP contribution >= 0.6 is 0 Å². The van der Waals surface area contributed by atoms with Crippen LogP contribution in [0.2, 0.25) is 0 Å². The van der Waals surface area contributed by atoms with E-state index in [4.69, 9.17) is 15.2 Å². The Bertz CT molecular complexity index is 249. The Labute approximate surface area is 77.5 Å². The van der Waals surface area contributed by atoms with Crippen LogP contribution < -0.4 is 5.73 Å². The second kappa shape index (κ2) is 4.84. The lowest BCUT2D eigenvalue weighted by molar-refractivity contribution is 0.0187. The summed E-state index contributed by atoms with van der Waals surface area (Å²) >= 11 is 0. The molecule has 0 saturated carbocycles.